The molecule has 0 spiro atoms. The van der Waals surface area contributed by atoms with E-state index in [1.807, 2.05) is 42.5 Å². The van der Waals surface area contributed by atoms with Gasteiger partial charge in [-0.05, 0) is 50.2 Å². The molecule has 0 bridgehead atoms. The highest BCUT2D eigenvalue weighted by Gasteiger charge is 2.26. The Morgan fingerprint density at radius 1 is 0.966 bits per heavy atom. The van der Waals surface area contributed by atoms with Gasteiger partial charge in [-0.3, -0.25) is 4.57 Å². The molecule has 0 atom stereocenters. The number of hydrogen-bond acceptors (Lipinski definition) is 7. The highest BCUT2D eigenvalue weighted by Crippen LogP contribution is 2.46. The zero-order valence-electron chi connectivity index (χ0n) is 16.7. The minimum atomic E-state index is -3.30. The van der Waals surface area contributed by atoms with E-state index in [9.17, 15) is 4.57 Å². The molecule has 7 nitrogen and oxygen atoms in total. The van der Waals surface area contributed by atoms with Crippen molar-refractivity contribution in [3.8, 4) is 17.0 Å². The molecule has 0 aliphatic carbocycles. The molecule has 0 aliphatic heterocycles. The zero-order chi connectivity index (χ0) is 20.7. The van der Waals surface area contributed by atoms with Crippen LogP contribution in [-0.2, 0) is 13.6 Å². The lowest BCUT2D eigenvalue weighted by Crippen LogP contribution is -2.10. The van der Waals surface area contributed by atoms with Crippen LogP contribution in [0.4, 0.5) is 11.5 Å². The molecule has 0 aliphatic rings. The number of methoxy groups -OCH3 is 1. The monoisotopic (exact) mass is 413 g/mol. The van der Waals surface area contributed by atoms with Crippen molar-refractivity contribution in [2.24, 2.45) is 0 Å². The van der Waals surface area contributed by atoms with Crippen molar-refractivity contribution in [1.82, 2.24) is 9.97 Å². The van der Waals surface area contributed by atoms with E-state index in [0.29, 0.717) is 24.3 Å². The second kappa shape index (κ2) is 9.65. The summed E-state index contributed by atoms with van der Waals surface area (Å²) < 4.78 is 29.0. The lowest BCUT2D eigenvalue weighted by atomic mass is 10.1. The van der Waals surface area contributed by atoms with Gasteiger partial charge in [-0.1, -0.05) is 12.1 Å². The molecule has 3 rings (SSSR count). The molecule has 29 heavy (non-hydrogen) atoms. The SMILES string of the molecule is CCOP(=O)(OCC)c1ccc(Nc2cc(-c3ccccc3OC)ncn2)cc1. The summed E-state index contributed by atoms with van der Waals surface area (Å²) in [4.78, 5) is 8.62. The first-order valence-electron chi connectivity index (χ1n) is 9.31. The van der Waals surface area contributed by atoms with Gasteiger partial charge in [-0.25, -0.2) is 9.97 Å². The molecule has 0 saturated heterocycles. The van der Waals surface area contributed by atoms with Crippen LogP contribution in [0.15, 0.2) is 60.9 Å². The number of nitrogens with one attached hydrogen (secondary N) is 1. The number of ether oxygens (including phenoxy) is 1. The number of nitrogens with zero attached hydrogens (tertiary/aromatic N) is 2. The summed E-state index contributed by atoms with van der Waals surface area (Å²) in [6, 6.07) is 16.6. The van der Waals surface area contributed by atoms with Crippen LogP contribution in [0.3, 0.4) is 0 Å². The standard InChI is InChI=1S/C21H24N3O4P/c1-4-27-29(25,28-5-2)17-12-10-16(11-13-17)24-21-14-19(22-15-23-21)18-8-6-7-9-20(18)26-3/h6-15H,4-5H2,1-3H3,(H,22,23,24). The van der Waals surface area contributed by atoms with Crippen molar-refractivity contribution in [1.29, 1.82) is 0 Å². The maximum atomic E-state index is 12.8. The summed E-state index contributed by atoms with van der Waals surface area (Å²) in [5.74, 6) is 1.37. The largest absolute Gasteiger partial charge is 0.496 e. The molecule has 1 N–H and O–H groups in total. The van der Waals surface area contributed by atoms with Crippen LogP contribution in [0.5, 0.6) is 5.75 Å². The third-order valence-corrected chi connectivity index (χ3v) is 6.23. The summed E-state index contributed by atoms with van der Waals surface area (Å²) in [7, 11) is -1.67. The Kier molecular flexibility index (Phi) is 6.99. The molecule has 8 heteroatoms. The molecule has 152 valence electrons. The minimum absolute atomic E-state index is 0.309. The van der Waals surface area contributed by atoms with Crippen LogP contribution in [0.2, 0.25) is 0 Å². The Hall–Kier alpha value is -2.73. The van der Waals surface area contributed by atoms with Crippen molar-refractivity contribution < 1.29 is 18.3 Å². The third kappa shape index (κ3) is 5.01. The van der Waals surface area contributed by atoms with E-state index in [1.165, 1.54) is 6.33 Å². The van der Waals surface area contributed by atoms with Gasteiger partial charge in [-0.2, -0.15) is 0 Å². The van der Waals surface area contributed by atoms with Gasteiger partial charge in [0.2, 0.25) is 0 Å². The van der Waals surface area contributed by atoms with E-state index in [4.69, 9.17) is 13.8 Å². The van der Waals surface area contributed by atoms with Crippen LogP contribution in [-0.4, -0.2) is 30.3 Å². The average Bonchev–Trinajstić information content (AvgIpc) is 2.75. The zero-order valence-corrected chi connectivity index (χ0v) is 17.6. The maximum absolute atomic E-state index is 12.8. The topological polar surface area (TPSA) is 82.6 Å². The number of benzene rings is 2. The minimum Gasteiger partial charge on any atom is -0.496 e. The van der Waals surface area contributed by atoms with E-state index >= 15 is 0 Å². The molecule has 0 unspecified atom stereocenters. The average molecular weight is 413 g/mol. The Morgan fingerprint density at radius 3 is 2.31 bits per heavy atom. The summed E-state index contributed by atoms with van der Waals surface area (Å²) in [5.41, 5.74) is 2.41. The van der Waals surface area contributed by atoms with Crippen molar-refractivity contribution in [3.63, 3.8) is 0 Å². The van der Waals surface area contributed by atoms with Crippen molar-refractivity contribution in [2.45, 2.75) is 13.8 Å². The second-order valence-corrected chi connectivity index (χ2v) is 8.02. The highest BCUT2D eigenvalue weighted by atomic mass is 31.2. The van der Waals surface area contributed by atoms with Crippen LogP contribution < -0.4 is 15.4 Å². The van der Waals surface area contributed by atoms with E-state index < -0.39 is 7.60 Å². The van der Waals surface area contributed by atoms with Crippen LogP contribution in [0, 0.1) is 0 Å². The molecule has 2 aromatic carbocycles. The van der Waals surface area contributed by atoms with E-state index in [-0.39, 0.29) is 0 Å². The van der Waals surface area contributed by atoms with Gasteiger partial charge >= 0.3 is 7.60 Å². The molecule has 0 saturated carbocycles. The Balaban J connectivity index is 1.81. The van der Waals surface area contributed by atoms with Crippen molar-refractivity contribution >= 4 is 24.4 Å². The third-order valence-electron chi connectivity index (χ3n) is 4.10. The Labute approximate surface area is 170 Å². The fraction of sp³-hybridized carbons (Fsp3) is 0.238. The fourth-order valence-electron chi connectivity index (χ4n) is 2.83. The number of aromatic nitrogens is 2. The summed E-state index contributed by atoms with van der Waals surface area (Å²) >= 11 is 0. The van der Waals surface area contributed by atoms with Gasteiger partial charge in [0, 0.05) is 17.3 Å². The summed E-state index contributed by atoms with van der Waals surface area (Å²) in [6.45, 7) is 4.19. The second-order valence-electron chi connectivity index (χ2n) is 5.99. The van der Waals surface area contributed by atoms with Gasteiger partial charge in [0.1, 0.15) is 17.9 Å². The molecule has 1 aromatic heterocycles. The quantitative estimate of drug-likeness (QED) is 0.505. The van der Waals surface area contributed by atoms with Crippen LogP contribution >= 0.6 is 7.60 Å². The Morgan fingerprint density at radius 2 is 1.66 bits per heavy atom. The summed E-state index contributed by atoms with van der Waals surface area (Å²) in [6.07, 6.45) is 1.50. The predicted molar refractivity (Wildman–Crippen MR) is 114 cm³/mol. The van der Waals surface area contributed by atoms with E-state index in [1.54, 1.807) is 33.1 Å². The molecule has 1 heterocycles. The van der Waals surface area contributed by atoms with Gasteiger partial charge in [0.05, 0.1) is 31.3 Å². The van der Waals surface area contributed by atoms with E-state index in [2.05, 4.69) is 15.3 Å². The molecular formula is C21H24N3O4P. The predicted octanol–water partition coefficient (Wildman–Crippen LogP) is 4.79. The lowest BCUT2D eigenvalue weighted by molar-refractivity contribution is 0.230. The number of hydrogen-bond donors (Lipinski definition) is 1. The van der Waals surface area contributed by atoms with Gasteiger partial charge in [0.15, 0.2) is 0 Å². The number of para-hydroxylation sites is 1. The first kappa shape index (κ1) is 21.0. The van der Waals surface area contributed by atoms with Crippen LogP contribution in [0.1, 0.15) is 13.8 Å². The first-order chi connectivity index (χ1) is 14.1. The summed E-state index contributed by atoms with van der Waals surface area (Å²) in [5, 5.41) is 3.75. The maximum Gasteiger partial charge on any atom is 0.361 e. The molecule has 0 amide bonds. The molecule has 0 fully saturated rings. The molecular weight excluding hydrogens is 389 g/mol. The smallest absolute Gasteiger partial charge is 0.361 e. The van der Waals surface area contributed by atoms with Crippen molar-refractivity contribution in [3.05, 3.63) is 60.9 Å². The fourth-order valence-corrected chi connectivity index (χ4v) is 4.40. The number of anilines is 2. The van der Waals surface area contributed by atoms with Crippen LogP contribution in [0.25, 0.3) is 11.3 Å². The Bertz CT molecular complexity index is 985. The molecule has 3 aromatic rings. The number of rotatable bonds is 9. The lowest BCUT2D eigenvalue weighted by Gasteiger charge is -2.17. The van der Waals surface area contributed by atoms with Crippen molar-refractivity contribution in [2.75, 3.05) is 25.6 Å². The van der Waals surface area contributed by atoms with E-state index in [0.717, 1.165) is 22.7 Å². The first-order valence-corrected chi connectivity index (χ1v) is 10.9. The van der Waals surface area contributed by atoms with Gasteiger partial charge in [0.25, 0.3) is 0 Å². The van der Waals surface area contributed by atoms with Gasteiger partial charge in [-0.15, -0.1) is 0 Å². The molecule has 0 radical (unpaired) electrons. The normalized spacial score (nSPS) is 11.3. The van der Waals surface area contributed by atoms with Gasteiger partial charge < -0.3 is 19.1 Å². The highest BCUT2D eigenvalue weighted by molar-refractivity contribution is 7.62.